The van der Waals surface area contributed by atoms with Gasteiger partial charge >= 0.3 is 11.8 Å². The van der Waals surface area contributed by atoms with Crippen molar-refractivity contribution in [2.24, 2.45) is 0 Å². The molecule has 1 unspecified atom stereocenters. The number of halogens is 1. The summed E-state index contributed by atoms with van der Waals surface area (Å²) in [6.07, 6.45) is -0.479. The molecule has 11 heteroatoms. The van der Waals surface area contributed by atoms with Crippen LogP contribution in [0.1, 0.15) is 12.0 Å². The van der Waals surface area contributed by atoms with Crippen LogP contribution in [0.2, 0.25) is 0 Å². The first-order chi connectivity index (χ1) is 13.6. The molecular weight excluding hydrogens is 403 g/mol. The third kappa shape index (κ3) is 6.20. The highest BCUT2D eigenvalue weighted by Gasteiger charge is 2.35. The number of amides is 2. The van der Waals surface area contributed by atoms with Crippen molar-refractivity contribution in [3.8, 4) is 0 Å². The Kier molecular flexibility index (Phi) is 8.08. The summed E-state index contributed by atoms with van der Waals surface area (Å²) in [4.78, 5) is 25.6. The fraction of sp³-hybridized carbons (Fsp3) is 0.556. The van der Waals surface area contributed by atoms with Gasteiger partial charge in [-0.15, -0.1) is 0 Å². The van der Waals surface area contributed by atoms with Gasteiger partial charge in [0.25, 0.3) is 0 Å². The van der Waals surface area contributed by atoms with Gasteiger partial charge in [-0.1, -0.05) is 0 Å². The van der Waals surface area contributed by atoms with Crippen molar-refractivity contribution in [2.75, 3.05) is 46.9 Å². The number of nitrogens with zero attached hydrogens (tertiary/aromatic N) is 2. The summed E-state index contributed by atoms with van der Waals surface area (Å²) in [7, 11) is -0.283. The standard InChI is InChI=1S/C18H27FN4O5S/c1-13-11-14(5-6-15(13)19)29(26,27)23-8-4-10-28-16(23)12-21-18(25)17(24)20-7-9-22(2)3/h5-6,11,16H,4,7-10,12H2,1-3H3,(H,20,24)(H,21,25). The average Bonchev–Trinajstić information content (AvgIpc) is 2.67. The molecule has 1 atom stereocenters. The number of carbonyl (C=O) groups excluding carboxylic acids is 2. The van der Waals surface area contributed by atoms with E-state index in [1.807, 2.05) is 19.0 Å². The molecule has 1 aromatic carbocycles. The molecule has 0 saturated carbocycles. The number of carbonyl (C=O) groups is 2. The van der Waals surface area contributed by atoms with Crippen LogP contribution in [0.15, 0.2) is 23.1 Å². The molecule has 0 aliphatic carbocycles. The lowest BCUT2D eigenvalue weighted by molar-refractivity contribution is -0.140. The Bertz CT molecular complexity index is 847. The van der Waals surface area contributed by atoms with Crippen LogP contribution >= 0.6 is 0 Å². The van der Waals surface area contributed by atoms with E-state index in [4.69, 9.17) is 4.74 Å². The predicted molar refractivity (Wildman–Crippen MR) is 104 cm³/mol. The average molecular weight is 431 g/mol. The normalized spacial score (nSPS) is 17.9. The van der Waals surface area contributed by atoms with Crippen molar-refractivity contribution < 1.29 is 27.1 Å². The minimum Gasteiger partial charge on any atom is -0.360 e. The Morgan fingerprint density at radius 3 is 2.62 bits per heavy atom. The third-order valence-corrected chi connectivity index (χ3v) is 6.26. The maximum absolute atomic E-state index is 13.5. The molecule has 1 saturated heterocycles. The molecule has 29 heavy (non-hydrogen) atoms. The highest BCUT2D eigenvalue weighted by atomic mass is 32.2. The lowest BCUT2D eigenvalue weighted by Crippen LogP contribution is -2.53. The van der Waals surface area contributed by atoms with E-state index in [2.05, 4.69) is 10.6 Å². The Labute approximate surface area is 170 Å². The number of likely N-dealkylation sites (N-methyl/N-ethyl adjacent to an activating group) is 1. The van der Waals surface area contributed by atoms with Gasteiger partial charge in [0.05, 0.1) is 18.0 Å². The van der Waals surface area contributed by atoms with E-state index in [0.29, 0.717) is 26.1 Å². The van der Waals surface area contributed by atoms with Gasteiger partial charge in [0.15, 0.2) is 0 Å². The molecule has 2 rings (SSSR count). The number of ether oxygens (including phenoxy) is 1. The first-order valence-electron chi connectivity index (χ1n) is 9.23. The van der Waals surface area contributed by atoms with E-state index in [0.717, 1.165) is 10.4 Å². The zero-order valence-corrected chi connectivity index (χ0v) is 17.6. The van der Waals surface area contributed by atoms with E-state index < -0.39 is 33.9 Å². The Morgan fingerprint density at radius 1 is 1.28 bits per heavy atom. The lowest BCUT2D eigenvalue weighted by atomic mass is 10.2. The second-order valence-corrected chi connectivity index (χ2v) is 8.87. The molecule has 2 amide bonds. The number of sulfonamides is 1. The molecule has 0 spiro atoms. The van der Waals surface area contributed by atoms with E-state index in [-0.39, 0.29) is 23.5 Å². The molecule has 162 valence electrons. The van der Waals surface area contributed by atoms with Crippen molar-refractivity contribution in [3.05, 3.63) is 29.6 Å². The number of hydrogen-bond donors (Lipinski definition) is 2. The van der Waals surface area contributed by atoms with Crippen LogP contribution in [0.4, 0.5) is 4.39 Å². The van der Waals surface area contributed by atoms with Crippen molar-refractivity contribution in [3.63, 3.8) is 0 Å². The van der Waals surface area contributed by atoms with Crippen LogP contribution in [-0.4, -0.2) is 82.5 Å². The first kappa shape index (κ1) is 23.2. The van der Waals surface area contributed by atoms with Gasteiger partial charge in [-0.25, -0.2) is 12.8 Å². The highest BCUT2D eigenvalue weighted by molar-refractivity contribution is 7.89. The second-order valence-electron chi connectivity index (χ2n) is 6.97. The van der Waals surface area contributed by atoms with Gasteiger partial charge in [0, 0.05) is 19.6 Å². The zero-order chi connectivity index (χ0) is 21.6. The highest BCUT2D eigenvalue weighted by Crippen LogP contribution is 2.23. The topological polar surface area (TPSA) is 108 Å². The maximum atomic E-state index is 13.5. The predicted octanol–water partition coefficient (Wildman–Crippen LogP) is -0.335. The minimum absolute atomic E-state index is 0.0559. The molecule has 1 fully saturated rings. The molecular formula is C18H27FN4O5S. The van der Waals surface area contributed by atoms with Crippen LogP contribution in [-0.2, 0) is 24.3 Å². The number of aryl methyl sites for hydroxylation is 1. The van der Waals surface area contributed by atoms with Gasteiger partial charge in [0.1, 0.15) is 12.0 Å². The fourth-order valence-electron chi connectivity index (χ4n) is 2.75. The van der Waals surface area contributed by atoms with E-state index in [1.54, 1.807) is 0 Å². The van der Waals surface area contributed by atoms with Gasteiger partial charge < -0.3 is 20.3 Å². The van der Waals surface area contributed by atoms with Gasteiger partial charge in [-0.05, 0) is 51.2 Å². The SMILES string of the molecule is Cc1cc(S(=O)(=O)N2CCCOC2CNC(=O)C(=O)NCCN(C)C)ccc1F. The first-order valence-corrected chi connectivity index (χ1v) is 10.7. The summed E-state index contributed by atoms with van der Waals surface area (Å²) in [5.41, 5.74) is 0.211. The molecule has 1 aliphatic rings. The maximum Gasteiger partial charge on any atom is 0.309 e. The smallest absolute Gasteiger partial charge is 0.309 e. The summed E-state index contributed by atoms with van der Waals surface area (Å²) in [5, 5.41) is 4.89. The monoisotopic (exact) mass is 430 g/mol. The van der Waals surface area contributed by atoms with Crippen molar-refractivity contribution in [1.82, 2.24) is 19.8 Å². The summed E-state index contributed by atoms with van der Waals surface area (Å²) in [5.74, 6) is -2.16. The molecule has 1 aliphatic heterocycles. The quantitative estimate of drug-likeness (QED) is 0.574. The van der Waals surface area contributed by atoms with Crippen molar-refractivity contribution in [2.45, 2.75) is 24.5 Å². The van der Waals surface area contributed by atoms with Crippen molar-refractivity contribution in [1.29, 1.82) is 0 Å². The lowest BCUT2D eigenvalue weighted by Gasteiger charge is -2.34. The summed E-state index contributed by atoms with van der Waals surface area (Å²) >= 11 is 0. The molecule has 2 N–H and O–H groups in total. The van der Waals surface area contributed by atoms with E-state index in [9.17, 15) is 22.4 Å². The van der Waals surface area contributed by atoms with Crippen LogP contribution in [0.3, 0.4) is 0 Å². The molecule has 1 heterocycles. The molecule has 9 nitrogen and oxygen atoms in total. The van der Waals surface area contributed by atoms with E-state index in [1.165, 1.54) is 19.1 Å². The largest absolute Gasteiger partial charge is 0.360 e. The second kappa shape index (κ2) is 10.1. The van der Waals surface area contributed by atoms with E-state index >= 15 is 0 Å². The van der Waals surface area contributed by atoms with Gasteiger partial charge in [-0.3, -0.25) is 9.59 Å². The summed E-state index contributed by atoms with van der Waals surface area (Å²) in [6, 6.07) is 3.55. The number of hydrogen-bond acceptors (Lipinski definition) is 6. The van der Waals surface area contributed by atoms with Crippen LogP contribution in [0, 0.1) is 12.7 Å². The number of benzene rings is 1. The Morgan fingerprint density at radius 2 is 1.97 bits per heavy atom. The van der Waals surface area contributed by atoms with Crippen molar-refractivity contribution >= 4 is 21.8 Å². The van der Waals surface area contributed by atoms with Gasteiger partial charge in [0.2, 0.25) is 10.0 Å². The van der Waals surface area contributed by atoms with Crippen LogP contribution in [0.5, 0.6) is 0 Å². The van der Waals surface area contributed by atoms with Crippen LogP contribution < -0.4 is 10.6 Å². The molecule has 0 radical (unpaired) electrons. The molecule has 1 aromatic rings. The number of rotatable bonds is 7. The summed E-state index contributed by atoms with van der Waals surface area (Å²) in [6.45, 7) is 2.70. The molecule has 0 aromatic heterocycles. The van der Waals surface area contributed by atoms with Crippen LogP contribution in [0.25, 0.3) is 0 Å². The van der Waals surface area contributed by atoms with Gasteiger partial charge in [-0.2, -0.15) is 4.31 Å². The minimum atomic E-state index is -3.96. The fourth-order valence-corrected chi connectivity index (χ4v) is 4.40. The Balaban J connectivity index is 2.02. The Hall–Kier alpha value is -2.08. The molecule has 0 bridgehead atoms. The summed E-state index contributed by atoms with van der Waals surface area (Å²) < 4.78 is 46.1. The third-order valence-electron chi connectivity index (χ3n) is 4.38. The zero-order valence-electron chi connectivity index (χ0n) is 16.8. The number of nitrogens with one attached hydrogen (secondary N) is 2.